The van der Waals surface area contributed by atoms with Crippen molar-refractivity contribution >= 4 is 17.2 Å². The molecule has 0 saturated carbocycles. The van der Waals surface area contributed by atoms with Crippen LogP contribution in [0.15, 0.2) is 24.3 Å². The van der Waals surface area contributed by atoms with Crippen molar-refractivity contribution in [2.75, 3.05) is 5.88 Å². The van der Waals surface area contributed by atoms with Gasteiger partial charge in [-0.15, -0.1) is 11.6 Å². The molecular formula is C10H9ClF2. The Morgan fingerprint density at radius 3 is 2.62 bits per heavy atom. The van der Waals surface area contributed by atoms with Gasteiger partial charge in [0.2, 0.25) is 0 Å². The van der Waals surface area contributed by atoms with Crippen LogP contribution in [-0.4, -0.2) is 5.88 Å². The monoisotopic (exact) mass is 202 g/mol. The van der Waals surface area contributed by atoms with Crippen LogP contribution < -0.4 is 0 Å². The first-order valence-corrected chi connectivity index (χ1v) is 4.39. The molecule has 0 unspecified atom stereocenters. The first-order valence-electron chi connectivity index (χ1n) is 3.85. The minimum atomic E-state index is -0.578. The van der Waals surface area contributed by atoms with E-state index in [0.29, 0.717) is 11.1 Å². The summed E-state index contributed by atoms with van der Waals surface area (Å²) in [5.74, 6) is -0.931. The molecule has 0 aliphatic carbocycles. The van der Waals surface area contributed by atoms with Gasteiger partial charge in [-0.25, -0.2) is 8.78 Å². The van der Waals surface area contributed by atoms with Gasteiger partial charge in [0.1, 0.15) is 11.6 Å². The average molecular weight is 203 g/mol. The third-order valence-corrected chi connectivity index (χ3v) is 2.06. The fraction of sp³-hybridized carbons (Fsp3) is 0.200. The van der Waals surface area contributed by atoms with E-state index >= 15 is 0 Å². The Balaban J connectivity index is 3.15. The summed E-state index contributed by atoms with van der Waals surface area (Å²) < 4.78 is 25.7. The summed E-state index contributed by atoms with van der Waals surface area (Å²) in [5.41, 5.74) is 1.03. The summed E-state index contributed by atoms with van der Waals surface area (Å²) in [7, 11) is 0. The van der Waals surface area contributed by atoms with Gasteiger partial charge in [-0.05, 0) is 24.6 Å². The lowest BCUT2D eigenvalue weighted by Gasteiger charge is -2.04. The lowest BCUT2D eigenvalue weighted by molar-refractivity contribution is 0.581. The van der Waals surface area contributed by atoms with E-state index in [1.54, 1.807) is 13.0 Å². The van der Waals surface area contributed by atoms with Crippen molar-refractivity contribution < 1.29 is 8.78 Å². The Labute approximate surface area is 80.8 Å². The molecule has 3 heteroatoms. The topological polar surface area (TPSA) is 0 Å². The molecule has 0 aliphatic rings. The molecule has 1 aromatic rings. The molecule has 0 aliphatic heterocycles. The van der Waals surface area contributed by atoms with Crippen molar-refractivity contribution in [3.63, 3.8) is 0 Å². The SMILES string of the molecule is C/C=C(\CCl)c1ccc(F)cc1F. The van der Waals surface area contributed by atoms with Crippen molar-refractivity contribution in [2.24, 2.45) is 0 Å². The Morgan fingerprint density at radius 1 is 1.46 bits per heavy atom. The highest BCUT2D eigenvalue weighted by atomic mass is 35.5. The minimum absolute atomic E-state index is 0.221. The van der Waals surface area contributed by atoms with Crippen molar-refractivity contribution in [3.05, 3.63) is 41.5 Å². The smallest absolute Gasteiger partial charge is 0.133 e. The Kier molecular flexibility index (Phi) is 3.43. The average Bonchev–Trinajstić information content (AvgIpc) is 2.10. The van der Waals surface area contributed by atoms with Gasteiger partial charge in [-0.3, -0.25) is 0 Å². The minimum Gasteiger partial charge on any atom is -0.207 e. The number of halogens is 3. The second-order valence-electron chi connectivity index (χ2n) is 2.57. The molecule has 13 heavy (non-hydrogen) atoms. The summed E-state index contributed by atoms with van der Waals surface area (Å²) in [4.78, 5) is 0. The Hall–Kier alpha value is -0.890. The van der Waals surface area contributed by atoms with Gasteiger partial charge in [0.25, 0.3) is 0 Å². The molecule has 0 N–H and O–H groups in total. The summed E-state index contributed by atoms with van der Waals surface area (Å²) in [6.45, 7) is 1.76. The zero-order chi connectivity index (χ0) is 9.84. The standard InChI is InChI=1S/C10H9ClF2/c1-2-7(6-11)9-4-3-8(12)5-10(9)13/h2-5H,6H2,1H3/b7-2+. The summed E-state index contributed by atoms with van der Waals surface area (Å²) in [6.07, 6.45) is 1.71. The van der Waals surface area contributed by atoms with Crippen LogP contribution in [0.3, 0.4) is 0 Å². The van der Waals surface area contributed by atoms with E-state index in [2.05, 4.69) is 0 Å². The molecule has 0 bridgehead atoms. The van der Waals surface area contributed by atoms with Gasteiger partial charge in [0.05, 0.1) is 0 Å². The largest absolute Gasteiger partial charge is 0.207 e. The van der Waals surface area contributed by atoms with Gasteiger partial charge in [-0.1, -0.05) is 6.08 Å². The molecule has 1 rings (SSSR count). The highest BCUT2D eigenvalue weighted by Crippen LogP contribution is 2.20. The molecule has 0 heterocycles. The molecule has 0 aromatic heterocycles. The molecular weight excluding hydrogens is 194 g/mol. The van der Waals surface area contributed by atoms with Crippen molar-refractivity contribution in [3.8, 4) is 0 Å². The normalized spacial score (nSPS) is 11.8. The van der Waals surface area contributed by atoms with Gasteiger partial charge in [0.15, 0.2) is 0 Å². The van der Waals surface area contributed by atoms with Crippen LogP contribution in [0.4, 0.5) is 8.78 Å². The summed E-state index contributed by atoms with van der Waals surface area (Å²) in [5, 5.41) is 0. The van der Waals surface area contributed by atoms with Crippen molar-refractivity contribution in [1.29, 1.82) is 0 Å². The van der Waals surface area contributed by atoms with Crippen LogP contribution in [-0.2, 0) is 0 Å². The van der Waals surface area contributed by atoms with Crippen LogP contribution in [0, 0.1) is 11.6 Å². The van der Waals surface area contributed by atoms with Crippen molar-refractivity contribution in [1.82, 2.24) is 0 Å². The molecule has 0 radical (unpaired) electrons. The van der Waals surface area contributed by atoms with E-state index in [4.69, 9.17) is 11.6 Å². The van der Waals surface area contributed by atoms with Gasteiger partial charge >= 0.3 is 0 Å². The molecule has 0 fully saturated rings. The number of hydrogen-bond donors (Lipinski definition) is 0. The number of benzene rings is 1. The van der Waals surface area contributed by atoms with Gasteiger partial charge in [-0.2, -0.15) is 0 Å². The van der Waals surface area contributed by atoms with Crippen LogP contribution in [0.25, 0.3) is 5.57 Å². The predicted molar refractivity (Wildman–Crippen MR) is 50.7 cm³/mol. The van der Waals surface area contributed by atoms with Gasteiger partial charge < -0.3 is 0 Å². The second-order valence-corrected chi connectivity index (χ2v) is 2.84. The van der Waals surface area contributed by atoms with Gasteiger partial charge in [0, 0.05) is 17.5 Å². The fourth-order valence-electron chi connectivity index (χ4n) is 1.05. The molecule has 0 saturated heterocycles. The van der Waals surface area contributed by atoms with Crippen LogP contribution in [0.1, 0.15) is 12.5 Å². The van der Waals surface area contributed by atoms with E-state index in [1.807, 2.05) is 0 Å². The van der Waals surface area contributed by atoms with Crippen LogP contribution >= 0.6 is 11.6 Å². The fourth-order valence-corrected chi connectivity index (χ4v) is 1.35. The Morgan fingerprint density at radius 2 is 2.15 bits per heavy atom. The van der Waals surface area contributed by atoms with E-state index in [1.165, 1.54) is 12.1 Å². The molecule has 1 aromatic carbocycles. The maximum Gasteiger partial charge on any atom is 0.133 e. The highest BCUT2D eigenvalue weighted by molar-refractivity contribution is 6.23. The predicted octanol–water partition coefficient (Wildman–Crippen LogP) is 3.61. The lowest BCUT2D eigenvalue weighted by atomic mass is 10.1. The number of hydrogen-bond acceptors (Lipinski definition) is 0. The first-order chi connectivity index (χ1) is 6.19. The van der Waals surface area contributed by atoms with E-state index < -0.39 is 11.6 Å². The zero-order valence-electron chi connectivity index (χ0n) is 7.15. The van der Waals surface area contributed by atoms with E-state index in [-0.39, 0.29) is 5.88 Å². The third kappa shape index (κ3) is 2.28. The summed E-state index contributed by atoms with van der Waals surface area (Å²) in [6, 6.07) is 3.46. The van der Waals surface area contributed by atoms with Crippen molar-refractivity contribution in [2.45, 2.75) is 6.92 Å². The number of alkyl halides is 1. The molecule has 0 amide bonds. The maximum atomic E-state index is 13.1. The first kappa shape index (κ1) is 10.2. The zero-order valence-corrected chi connectivity index (χ0v) is 7.91. The molecule has 70 valence electrons. The second kappa shape index (κ2) is 4.38. The number of rotatable bonds is 2. The molecule has 0 atom stereocenters. The molecule has 0 spiro atoms. The lowest BCUT2D eigenvalue weighted by Crippen LogP contribution is -1.91. The Bertz CT molecular complexity index is 332. The van der Waals surface area contributed by atoms with Crippen LogP contribution in [0.2, 0.25) is 0 Å². The van der Waals surface area contributed by atoms with E-state index in [0.717, 1.165) is 6.07 Å². The third-order valence-electron chi connectivity index (χ3n) is 1.77. The number of allylic oxidation sites excluding steroid dienone is 2. The van der Waals surface area contributed by atoms with Crippen LogP contribution in [0.5, 0.6) is 0 Å². The molecule has 0 nitrogen and oxygen atoms in total. The highest BCUT2D eigenvalue weighted by Gasteiger charge is 2.06. The quantitative estimate of drug-likeness (QED) is 0.643. The summed E-state index contributed by atoms with van der Waals surface area (Å²) >= 11 is 5.59. The van der Waals surface area contributed by atoms with E-state index in [9.17, 15) is 8.78 Å². The maximum absolute atomic E-state index is 13.1.